The van der Waals surface area contributed by atoms with Crippen molar-refractivity contribution in [2.45, 2.75) is 12.8 Å². The molecule has 1 aromatic rings. The molecule has 1 heterocycles. The summed E-state index contributed by atoms with van der Waals surface area (Å²) < 4.78 is 0. The van der Waals surface area contributed by atoms with Crippen molar-refractivity contribution in [3.05, 3.63) is 29.8 Å². The Bertz CT molecular complexity index is 459. The van der Waals surface area contributed by atoms with Crippen molar-refractivity contribution in [2.75, 3.05) is 24.5 Å². The van der Waals surface area contributed by atoms with E-state index in [0.717, 1.165) is 24.1 Å². The van der Waals surface area contributed by atoms with E-state index in [1.54, 1.807) is 4.90 Å². The van der Waals surface area contributed by atoms with Gasteiger partial charge in [0, 0.05) is 25.3 Å². The lowest BCUT2D eigenvalue weighted by Crippen LogP contribution is -2.46. The number of hydrogen-bond acceptors (Lipinski definition) is 3. The van der Waals surface area contributed by atoms with Gasteiger partial charge in [0.25, 0.3) is 0 Å². The lowest BCUT2D eigenvalue weighted by molar-refractivity contribution is -0.137. The predicted molar refractivity (Wildman–Crippen MR) is 69.2 cm³/mol. The van der Waals surface area contributed by atoms with Crippen LogP contribution in [0.2, 0.25) is 0 Å². The number of para-hydroxylation sites is 1. The second-order valence-electron chi connectivity index (χ2n) is 4.23. The van der Waals surface area contributed by atoms with Gasteiger partial charge >= 0.3 is 11.8 Å². The summed E-state index contributed by atoms with van der Waals surface area (Å²) in [6.07, 6.45) is 1.83. The minimum Gasteiger partial charge on any atom is -0.347 e. The summed E-state index contributed by atoms with van der Waals surface area (Å²) in [7, 11) is 0. The number of amides is 2. The Labute approximate surface area is 106 Å². The fraction of sp³-hybridized carbons (Fsp3) is 0.385. The van der Waals surface area contributed by atoms with Crippen LogP contribution in [0.25, 0.3) is 0 Å². The molecular formula is C13H17N3O2. The second-order valence-corrected chi connectivity index (χ2v) is 4.23. The Kier molecular flexibility index (Phi) is 3.94. The lowest BCUT2D eigenvalue weighted by Gasteiger charge is -2.28. The molecule has 3 N–H and O–H groups in total. The molecule has 1 aliphatic heterocycles. The fourth-order valence-electron chi connectivity index (χ4n) is 2.13. The van der Waals surface area contributed by atoms with Crippen molar-refractivity contribution in [1.29, 1.82) is 0 Å². The van der Waals surface area contributed by atoms with Crippen LogP contribution in [-0.2, 0) is 16.0 Å². The molecule has 96 valence electrons. The first-order chi connectivity index (χ1) is 8.74. The van der Waals surface area contributed by atoms with Crippen LogP contribution in [0.1, 0.15) is 12.0 Å². The summed E-state index contributed by atoms with van der Waals surface area (Å²) in [5.41, 5.74) is 7.25. The van der Waals surface area contributed by atoms with E-state index in [2.05, 4.69) is 5.32 Å². The molecule has 0 aromatic heterocycles. The average molecular weight is 247 g/mol. The minimum atomic E-state index is -0.586. The molecule has 5 nitrogen and oxygen atoms in total. The zero-order valence-electron chi connectivity index (χ0n) is 10.2. The number of nitrogens with zero attached hydrogens (tertiary/aromatic N) is 1. The maximum atomic E-state index is 12.0. The third kappa shape index (κ3) is 2.51. The molecule has 1 aliphatic rings. The number of fused-ring (bicyclic) bond motifs is 1. The van der Waals surface area contributed by atoms with Crippen molar-refractivity contribution in [2.24, 2.45) is 5.73 Å². The van der Waals surface area contributed by atoms with Crippen molar-refractivity contribution in [1.82, 2.24) is 5.32 Å². The zero-order chi connectivity index (χ0) is 13.0. The third-order valence-corrected chi connectivity index (χ3v) is 2.98. The Morgan fingerprint density at radius 2 is 2.11 bits per heavy atom. The number of nitrogens with two attached hydrogens (primary N) is 1. The van der Waals surface area contributed by atoms with Crippen LogP contribution in [0.4, 0.5) is 5.69 Å². The summed E-state index contributed by atoms with van der Waals surface area (Å²) in [6.45, 7) is 1.24. The minimum absolute atomic E-state index is 0.320. The first-order valence-corrected chi connectivity index (χ1v) is 6.11. The van der Waals surface area contributed by atoms with E-state index in [4.69, 9.17) is 5.73 Å². The average Bonchev–Trinajstić information content (AvgIpc) is 2.43. The molecule has 2 rings (SSSR count). The molecule has 0 saturated heterocycles. The Morgan fingerprint density at radius 3 is 2.89 bits per heavy atom. The van der Waals surface area contributed by atoms with E-state index < -0.39 is 11.8 Å². The van der Waals surface area contributed by atoms with Crippen LogP contribution in [0.5, 0.6) is 0 Å². The van der Waals surface area contributed by atoms with Crippen molar-refractivity contribution in [3.8, 4) is 0 Å². The molecule has 1 aromatic carbocycles. The fourth-order valence-corrected chi connectivity index (χ4v) is 2.13. The molecule has 0 unspecified atom stereocenters. The van der Waals surface area contributed by atoms with Crippen molar-refractivity contribution in [3.63, 3.8) is 0 Å². The molecule has 0 saturated carbocycles. The van der Waals surface area contributed by atoms with Gasteiger partial charge in [-0.05, 0) is 24.5 Å². The Morgan fingerprint density at radius 1 is 1.33 bits per heavy atom. The Hall–Kier alpha value is -1.88. The van der Waals surface area contributed by atoms with E-state index in [1.807, 2.05) is 24.3 Å². The summed E-state index contributed by atoms with van der Waals surface area (Å²) >= 11 is 0. The molecule has 0 radical (unpaired) electrons. The highest BCUT2D eigenvalue weighted by Crippen LogP contribution is 2.26. The molecule has 0 bridgehead atoms. The summed E-state index contributed by atoms with van der Waals surface area (Å²) in [4.78, 5) is 25.2. The number of carbonyl (C=O) groups excluding carboxylic acids is 2. The molecule has 0 spiro atoms. The molecule has 5 heteroatoms. The quantitative estimate of drug-likeness (QED) is 0.725. The van der Waals surface area contributed by atoms with Crippen molar-refractivity contribution < 1.29 is 9.59 Å². The standard InChI is InChI=1S/C13H17N3O2/c14-7-8-15-12(17)13(18)16-9-3-5-10-4-1-2-6-11(10)16/h1-2,4,6H,3,5,7-9,14H2,(H,15,17). The van der Waals surface area contributed by atoms with Crippen LogP contribution >= 0.6 is 0 Å². The number of carbonyl (C=O) groups is 2. The number of aryl methyl sites for hydroxylation is 1. The molecule has 0 aliphatic carbocycles. The maximum absolute atomic E-state index is 12.0. The molecule has 0 fully saturated rings. The van der Waals surface area contributed by atoms with Crippen LogP contribution in [0.3, 0.4) is 0 Å². The van der Waals surface area contributed by atoms with Crippen molar-refractivity contribution >= 4 is 17.5 Å². The predicted octanol–water partition coefficient (Wildman–Crippen LogP) is 0.0407. The summed E-state index contributed by atoms with van der Waals surface area (Å²) in [5.74, 6) is -1.09. The van der Waals surface area contributed by atoms with Gasteiger partial charge in [0.15, 0.2) is 0 Å². The third-order valence-electron chi connectivity index (χ3n) is 2.98. The maximum Gasteiger partial charge on any atom is 0.316 e. The van der Waals surface area contributed by atoms with E-state index in [1.165, 1.54) is 0 Å². The van der Waals surface area contributed by atoms with Gasteiger partial charge in [-0.15, -0.1) is 0 Å². The van der Waals surface area contributed by atoms with Gasteiger partial charge in [-0.25, -0.2) is 0 Å². The number of rotatable bonds is 2. The highest BCUT2D eigenvalue weighted by molar-refractivity contribution is 6.40. The largest absolute Gasteiger partial charge is 0.347 e. The van der Waals surface area contributed by atoms with Crippen LogP contribution < -0.4 is 16.0 Å². The van der Waals surface area contributed by atoms with E-state index in [-0.39, 0.29) is 0 Å². The zero-order valence-corrected chi connectivity index (χ0v) is 10.2. The number of anilines is 1. The van der Waals surface area contributed by atoms with Crippen LogP contribution in [0.15, 0.2) is 24.3 Å². The normalized spacial score (nSPS) is 13.9. The van der Waals surface area contributed by atoms with E-state index >= 15 is 0 Å². The van der Waals surface area contributed by atoms with Gasteiger partial charge in [-0.2, -0.15) is 0 Å². The van der Waals surface area contributed by atoms with Gasteiger partial charge in [-0.3, -0.25) is 9.59 Å². The second kappa shape index (κ2) is 5.64. The molecular weight excluding hydrogens is 230 g/mol. The number of hydrogen-bond donors (Lipinski definition) is 2. The monoisotopic (exact) mass is 247 g/mol. The lowest BCUT2D eigenvalue weighted by atomic mass is 10.0. The Balaban J connectivity index is 2.15. The summed E-state index contributed by atoms with van der Waals surface area (Å²) in [5, 5.41) is 2.51. The van der Waals surface area contributed by atoms with Crippen LogP contribution in [-0.4, -0.2) is 31.4 Å². The first kappa shape index (κ1) is 12.6. The van der Waals surface area contributed by atoms with Crippen LogP contribution in [0, 0.1) is 0 Å². The summed E-state index contributed by atoms with van der Waals surface area (Å²) in [6, 6.07) is 7.69. The van der Waals surface area contributed by atoms with Gasteiger partial charge in [0.2, 0.25) is 0 Å². The highest BCUT2D eigenvalue weighted by Gasteiger charge is 2.26. The van der Waals surface area contributed by atoms with Gasteiger partial charge < -0.3 is 16.0 Å². The van der Waals surface area contributed by atoms with Gasteiger partial charge in [0.05, 0.1) is 0 Å². The SMILES string of the molecule is NCCNC(=O)C(=O)N1CCCc2ccccc21. The smallest absolute Gasteiger partial charge is 0.316 e. The van der Waals surface area contributed by atoms with Gasteiger partial charge in [0.1, 0.15) is 0 Å². The number of nitrogens with one attached hydrogen (secondary N) is 1. The molecule has 2 amide bonds. The molecule has 0 atom stereocenters. The topological polar surface area (TPSA) is 75.4 Å². The molecule has 18 heavy (non-hydrogen) atoms. The van der Waals surface area contributed by atoms with E-state index in [9.17, 15) is 9.59 Å². The number of benzene rings is 1. The van der Waals surface area contributed by atoms with Gasteiger partial charge in [-0.1, -0.05) is 18.2 Å². The van der Waals surface area contributed by atoms with E-state index in [0.29, 0.717) is 19.6 Å². The highest BCUT2D eigenvalue weighted by atomic mass is 16.2. The first-order valence-electron chi connectivity index (χ1n) is 6.11.